The number of rotatable bonds is 5. The van der Waals surface area contributed by atoms with Crippen LogP contribution in [0.5, 0.6) is 0 Å². The maximum absolute atomic E-state index is 13.6. The van der Waals surface area contributed by atoms with Crippen molar-refractivity contribution < 1.29 is 9.18 Å². The first-order valence-electron chi connectivity index (χ1n) is 10.3. The van der Waals surface area contributed by atoms with Gasteiger partial charge in [0.25, 0.3) is 5.91 Å². The maximum atomic E-state index is 13.6. The average Bonchev–Trinajstić information content (AvgIpc) is 3.11. The Bertz CT molecular complexity index is 1390. The molecule has 32 heavy (non-hydrogen) atoms. The molecule has 0 aliphatic rings. The van der Waals surface area contributed by atoms with Gasteiger partial charge >= 0.3 is 0 Å². The number of halogens is 1. The Balaban J connectivity index is 1.68. The van der Waals surface area contributed by atoms with Crippen LogP contribution in [-0.4, -0.2) is 10.5 Å². The van der Waals surface area contributed by atoms with E-state index in [4.69, 9.17) is 0 Å². The van der Waals surface area contributed by atoms with Crippen LogP contribution in [0.1, 0.15) is 22.3 Å². The van der Waals surface area contributed by atoms with Gasteiger partial charge in [0.2, 0.25) is 0 Å². The fourth-order valence-corrected chi connectivity index (χ4v) is 3.80. The Morgan fingerprint density at radius 1 is 1.09 bits per heavy atom. The van der Waals surface area contributed by atoms with E-state index in [1.165, 1.54) is 12.1 Å². The lowest BCUT2D eigenvalue weighted by Gasteiger charge is -2.08. The first-order chi connectivity index (χ1) is 15.4. The lowest BCUT2D eigenvalue weighted by molar-refractivity contribution is -0.112. The minimum Gasteiger partial charge on any atom is -0.342 e. The number of benzene rings is 3. The van der Waals surface area contributed by atoms with E-state index < -0.39 is 5.91 Å². The number of nitrogens with zero attached hydrogens (tertiary/aromatic N) is 2. The second-order valence-electron chi connectivity index (χ2n) is 7.80. The Morgan fingerprint density at radius 3 is 2.66 bits per heavy atom. The zero-order valence-electron chi connectivity index (χ0n) is 17.9. The topological polar surface area (TPSA) is 57.8 Å². The van der Waals surface area contributed by atoms with Crippen molar-refractivity contribution in [1.29, 1.82) is 5.26 Å². The summed E-state index contributed by atoms with van der Waals surface area (Å²) in [4.78, 5) is 12.8. The number of nitrogens with one attached hydrogen (secondary N) is 1. The first kappa shape index (κ1) is 21.1. The number of hydrogen-bond acceptors (Lipinski definition) is 2. The fourth-order valence-electron chi connectivity index (χ4n) is 3.80. The minimum atomic E-state index is -0.457. The van der Waals surface area contributed by atoms with Crippen LogP contribution in [0.2, 0.25) is 0 Å². The molecule has 158 valence electrons. The molecular formula is C27H22FN3O. The van der Waals surface area contributed by atoms with Crippen molar-refractivity contribution in [1.82, 2.24) is 4.57 Å². The van der Waals surface area contributed by atoms with Crippen molar-refractivity contribution in [2.75, 3.05) is 5.32 Å². The number of fused-ring (bicyclic) bond motifs is 1. The van der Waals surface area contributed by atoms with Crippen molar-refractivity contribution in [2.45, 2.75) is 20.4 Å². The SMILES string of the molecule is Cc1ccc(NC(=O)/C(C#N)=C/c2cn(Cc3cccc(F)c3)c3ccccc23)c(C)c1. The van der Waals surface area contributed by atoms with Gasteiger partial charge < -0.3 is 9.88 Å². The minimum absolute atomic E-state index is 0.0126. The molecule has 0 spiro atoms. The standard InChI is InChI=1S/C27H22FN3O/c1-18-10-11-25(19(2)12-18)30-27(32)21(15-29)14-22-17-31(26-9-4-3-8-24(22)26)16-20-6-5-7-23(28)13-20/h3-14,17H,16H2,1-2H3,(H,30,32)/b21-14+. The molecule has 4 aromatic rings. The van der Waals surface area contributed by atoms with E-state index in [9.17, 15) is 14.4 Å². The predicted octanol–water partition coefficient (Wildman–Crippen LogP) is 5.99. The van der Waals surface area contributed by atoms with Gasteiger partial charge in [-0.15, -0.1) is 0 Å². The number of aromatic nitrogens is 1. The van der Waals surface area contributed by atoms with Crippen LogP contribution in [0.4, 0.5) is 10.1 Å². The molecule has 0 bridgehead atoms. The molecule has 0 saturated heterocycles. The second kappa shape index (κ2) is 8.91. The van der Waals surface area contributed by atoms with Gasteiger partial charge in [0, 0.05) is 34.9 Å². The van der Waals surface area contributed by atoms with Crippen LogP contribution >= 0.6 is 0 Å². The van der Waals surface area contributed by atoms with E-state index >= 15 is 0 Å². The second-order valence-corrected chi connectivity index (χ2v) is 7.80. The molecule has 3 aromatic carbocycles. The van der Waals surface area contributed by atoms with E-state index in [0.29, 0.717) is 12.2 Å². The molecule has 1 amide bonds. The molecule has 0 radical (unpaired) electrons. The molecule has 0 fully saturated rings. The Hall–Kier alpha value is -4.17. The van der Waals surface area contributed by atoms with E-state index in [1.807, 2.05) is 79.2 Å². The van der Waals surface area contributed by atoms with Crippen molar-refractivity contribution in [3.05, 3.63) is 107 Å². The van der Waals surface area contributed by atoms with Crippen molar-refractivity contribution in [3.63, 3.8) is 0 Å². The van der Waals surface area contributed by atoms with Crippen LogP contribution in [0, 0.1) is 31.0 Å². The number of para-hydroxylation sites is 1. The number of carbonyl (C=O) groups excluding carboxylic acids is 1. The van der Waals surface area contributed by atoms with Crippen LogP contribution in [0.3, 0.4) is 0 Å². The van der Waals surface area contributed by atoms with Crippen molar-refractivity contribution in [3.8, 4) is 6.07 Å². The van der Waals surface area contributed by atoms with Gasteiger partial charge in [-0.05, 0) is 55.3 Å². The summed E-state index contributed by atoms with van der Waals surface area (Å²) in [5.41, 5.74) is 5.24. The van der Waals surface area contributed by atoms with Crippen LogP contribution in [0.25, 0.3) is 17.0 Å². The van der Waals surface area contributed by atoms with E-state index in [2.05, 4.69) is 5.32 Å². The molecule has 4 nitrogen and oxygen atoms in total. The van der Waals surface area contributed by atoms with Gasteiger partial charge in [-0.2, -0.15) is 5.26 Å². The summed E-state index contributed by atoms with van der Waals surface area (Å²) < 4.78 is 15.6. The van der Waals surface area contributed by atoms with Gasteiger partial charge in [-0.25, -0.2) is 4.39 Å². The molecular weight excluding hydrogens is 401 g/mol. The largest absolute Gasteiger partial charge is 0.342 e. The van der Waals surface area contributed by atoms with Gasteiger partial charge in [0.1, 0.15) is 17.5 Å². The molecule has 0 unspecified atom stereocenters. The number of aryl methyl sites for hydroxylation is 2. The lowest BCUT2D eigenvalue weighted by Crippen LogP contribution is -2.14. The lowest BCUT2D eigenvalue weighted by atomic mass is 10.1. The van der Waals surface area contributed by atoms with Gasteiger partial charge in [0.15, 0.2) is 0 Å². The van der Waals surface area contributed by atoms with E-state index in [1.54, 1.807) is 12.1 Å². The number of amides is 1. The third-order valence-electron chi connectivity index (χ3n) is 5.36. The summed E-state index contributed by atoms with van der Waals surface area (Å²) in [6.07, 6.45) is 3.49. The fraction of sp³-hybridized carbons (Fsp3) is 0.111. The number of hydrogen-bond donors (Lipinski definition) is 1. The zero-order valence-corrected chi connectivity index (χ0v) is 17.9. The highest BCUT2D eigenvalue weighted by Gasteiger charge is 2.14. The van der Waals surface area contributed by atoms with Gasteiger partial charge in [-0.3, -0.25) is 4.79 Å². The third-order valence-corrected chi connectivity index (χ3v) is 5.36. The Kier molecular flexibility index (Phi) is 5.87. The molecule has 5 heteroatoms. The normalized spacial score (nSPS) is 11.4. The highest BCUT2D eigenvalue weighted by Crippen LogP contribution is 2.25. The van der Waals surface area contributed by atoms with Crippen LogP contribution in [0.15, 0.2) is 78.5 Å². The number of carbonyl (C=O) groups is 1. The smallest absolute Gasteiger partial charge is 0.266 e. The van der Waals surface area contributed by atoms with Gasteiger partial charge in [-0.1, -0.05) is 48.0 Å². The van der Waals surface area contributed by atoms with Crippen molar-refractivity contribution >= 4 is 28.6 Å². The zero-order chi connectivity index (χ0) is 22.7. The van der Waals surface area contributed by atoms with Crippen LogP contribution < -0.4 is 5.32 Å². The Morgan fingerprint density at radius 2 is 1.91 bits per heavy atom. The van der Waals surface area contributed by atoms with Gasteiger partial charge in [0.05, 0.1) is 0 Å². The molecule has 0 aliphatic heterocycles. The molecule has 4 rings (SSSR count). The molecule has 1 aromatic heterocycles. The van der Waals surface area contributed by atoms with Crippen molar-refractivity contribution in [2.24, 2.45) is 0 Å². The van der Waals surface area contributed by atoms with E-state index in [0.717, 1.165) is 33.2 Å². The summed E-state index contributed by atoms with van der Waals surface area (Å²) in [5, 5.41) is 13.4. The Labute approximate surface area is 186 Å². The highest BCUT2D eigenvalue weighted by atomic mass is 19.1. The third kappa shape index (κ3) is 4.45. The highest BCUT2D eigenvalue weighted by molar-refractivity contribution is 6.11. The summed E-state index contributed by atoms with van der Waals surface area (Å²) in [6.45, 7) is 4.37. The molecule has 1 heterocycles. The first-order valence-corrected chi connectivity index (χ1v) is 10.3. The number of anilines is 1. The average molecular weight is 423 g/mol. The summed E-state index contributed by atoms with van der Waals surface area (Å²) in [7, 11) is 0. The summed E-state index contributed by atoms with van der Waals surface area (Å²) in [6, 6.07) is 22.0. The summed E-state index contributed by atoms with van der Waals surface area (Å²) in [5.74, 6) is -0.740. The molecule has 1 N–H and O–H groups in total. The van der Waals surface area contributed by atoms with Crippen LogP contribution in [-0.2, 0) is 11.3 Å². The number of nitriles is 1. The quantitative estimate of drug-likeness (QED) is 0.317. The van der Waals surface area contributed by atoms with E-state index in [-0.39, 0.29) is 11.4 Å². The molecule has 0 saturated carbocycles. The molecule has 0 aliphatic carbocycles. The summed E-state index contributed by atoms with van der Waals surface area (Å²) >= 11 is 0. The molecule has 0 atom stereocenters. The predicted molar refractivity (Wildman–Crippen MR) is 126 cm³/mol. The monoisotopic (exact) mass is 423 g/mol. The maximum Gasteiger partial charge on any atom is 0.266 e.